The standard InChI is InChI=1S/C15H31NO4/c1-5-7-10-19-12-13-20-11-8-9-15(3,16-6-2)14(17)18-4/h16H,5-13H2,1-4H3. The van der Waals surface area contributed by atoms with Crippen LogP contribution in [-0.4, -0.2) is 51.6 Å². The Labute approximate surface area is 123 Å². The van der Waals surface area contributed by atoms with Gasteiger partial charge >= 0.3 is 5.97 Å². The van der Waals surface area contributed by atoms with Crippen molar-refractivity contribution < 1.29 is 19.0 Å². The molecular weight excluding hydrogens is 258 g/mol. The summed E-state index contributed by atoms with van der Waals surface area (Å²) in [5.74, 6) is -0.220. The summed E-state index contributed by atoms with van der Waals surface area (Å²) in [5.41, 5.74) is -0.621. The van der Waals surface area contributed by atoms with E-state index in [0.717, 1.165) is 32.4 Å². The van der Waals surface area contributed by atoms with Crippen molar-refractivity contribution in [3.63, 3.8) is 0 Å². The summed E-state index contributed by atoms with van der Waals surface area (Å²) in [7, 11) is 1.42. The second kappa shape index (κ2) is 12.1. The van der Waals surface area contributed by atoms with Gasteiger partial charge in [-0.2, -0.15) is 0 Å². The van der Waals surface area contributed by atoms with Crippen LogP contribution in [-0.2, 0) is 19.0 Å². The lowest BCUT2D eigenvalue weighted by Crippen LogP contribution is -2.50. The van der Waals surface area contributed by atoms with Gasteiger partial charge in [-0.1, -0.05) is 20.3 Å². The number of hydrogen-bond donors (Lipinski definition) is 1. The van der Waals surface area contributed by atoms with Gasteiger partial charge in [-0.15, -0.1) is 0 Å². The molecule has 0 rings (SSSR count). The van der Waals surface area contributed by atoms with Crippen molar-refractivity contribution in [2.24, 2.45) is 0 Å². The minimum atomic E-state index is -0.621. The molecule has 0 bridgehead atoms. The lowest BCUT2D eigenvalue weighted by atomic mass is 9.96. The normalized spacial score (nSPS) is 14.0. The number of methoxy groups -OCH3 is 1. The van der Waals surface area contributed by atoms with Gasteiger partial charge in [-0.3, -0.25) is 4.79 Å². The molecule has 0 aliphatic carbocycles. The fourth-order valence-electron chi connectivity index (χ4n) is 1.97. The van der Waals surface area contributed by atoms with E-state index in [4.69, 9.17) is 14.2 Å². The van der Waals surface area contributed by atoms with Crippen LogP contribution in [0.5, 0.6) is 0 Å². The Morgan fingerprint density at radius 1 is 1.05 bits per heavy atom. The molecule has 0 fully saturated rings. The number of carbonyl (C=O) groups excluding carboxylic acids is 1. The van der Waals surface area contributed by atoms with Gasteiger partial charge in [0.2, 0.25) is 0 Å². The van der Waals surface area contributed by atoms with Crippen LogP contribution in [0.25, 0.3) is 0 Å². The van der Waals surface area contributed by atoms with Crippen LogP contribution in [0.3, 0.4) is 0 Å². The summed E-state index contributed by atoms with van der Waals surface area (Å²) in [6.07, 6.45) is 3.76. The summed E-state index contributed by atoms with van der Waals surface area (Å²) >= 11 is 0. The minimum Gasteiger partial charge on any atom is -0.468 e. The van der Waals surface area contributed by atoms with E-state index in [9.17, 15) is 4.79 Å². The number of unbranched alkanes of at least 4 members (excludes halogenated alkanes) is 1. The average Bonchev–Trinajstić information content (AvgIpc) is 2.45. The van der Waals surface area contributed by atoms with Crippen LogP contribution in [0, 0.1) is 0 Å². The molecule has 0 aromatic heterocycles. The van der Waals surface area contributed by atoms with E-state index in [1.165, 1.54) is 7.11 Å². The maximum absolute atomic E-state index is 11.7. The van der Waals surface area contributed by atoms with Crippen LogP contribution >= 0.6 is 0 Å². The second-order valence-electron chi connectivity index (χ2n) is 5.04. The van der Waals surface area contributed by atoms with Crippen LogP contribution in [0.1, 0.15) is 46.5 Å². The molecular formula is C15H31NO4. The van der Waals surface area contributed by atoms with E-state index in [0.29, 0.717) is 26.2 Å². The molecule has 0 saturated heterocycles. The molecule has 1 atom stereocenters. The Morgan fingerprint density at radius 2 is 1.65 bits per heavy atom. The Kier molecular flexibility index (Phi) is 11.7. The third-order valence-corrected chi connectivity index (χ3v) is 3.18. The molecule has 0 amide bonds. The summed E-state index contributed by atoms with van der Waals surface area (Å²) < 4.78 is 15.7. The number of rotatable bonds is 13. The van der Waals surface area contributed by atoms with Crippen molar-refractivity contribution in [2.75, 3.05) is 40.1 Å². The van der Waals surface area contributed by atoms with Gasteiger partial charge in [0.25, 0.3) is 0 Å². The molecule has 1 N–H and O–H groups in total. The first kappa shape index (κ1) is 19.4. The molecule has 1 unspecified atom stereocenters. The lowest BCUT2D eigenvalue weighted by molar-refractivity contribution is -0.148. The van der Waals surface area contributed by atoms with Gasteiger partial charge in [-0.05, 0) is 32.7 Å². The summed E-state index contributed by atoms with van der Waals surface area (Å²) in [4.78, 5) is 11.7. The number of hydrogen-bond acceptors (Lipinski definition) is 5. The van der Waals surface area contributed by atoms with Crippen LogP contribution in [0.4, 0.5) is 0 Å². The zero-order chi connectivity index (χ0) is 15.3. The molecule has 0 aromatic rings. The first-order valence-electron chi connectivity index (χ1n) is 7.59. The molecule has 0 aliphatic rings. The topological polar surface area (TPSA) is 56.8 Å². The first-order chi connectivity index (χ1) is 9.60. The van der Waals surface area contributed by atoms with Gasteiger partial charge in [0, 0.05) is 13.2 Å². The molecule has 120 valence electrons. The van der Waals surface area contributed by atoms with Crippen LogP contribution in [0.2, 0.25) is 0 Å². The van der Waals surface area contributed by atoms with Crippen molar-refractivity contribution in [3.8, 4) is 0 Å². The van der Waals surface area contributed by atoms with Crippen molar-refractivity contribution in [1.29, 1.82) is 0 Å². The van der Waals surface area contributed by atoms with Gasteiger partial charge in [0.1, 0.15) is 5.54 Å². The number of esters is 1. The molecule has 20 heavy (non-hydrogen) atoms. The van der Waals surface area contributed by atoms with Crippen molar-refractivity contribution in [2.45, 2.75) is 52.0 Å². The number of likely N-dealkylation sites (N-methyl/N-ethyl adjacent to an activating group) is 1. The van der Waals surface area contributed by atoms with Crippen LogP contribution < -0.4 is 5.32 Å². The zero-order valence-electron chi connectivity index (χ0n) is 13.5. The molecule has 0 saturated carbocycles. The molecule has 5 nitrogen and oxygen atoms in total. The fourth-order valence-corrected chi connectivity index (χ4v) is 1.97. The van der Waals surface area contributed by atoms with E-state index in [2.05, 4.69) is 12.2 Å². The largest absolute Gasteiger partial charge is 0.468 e. The van der Waals surface area contributed by atoms with E-state index < -0.39 is 5.54 Å². The van der Waals surface area contributed by atoms with Gasteiger partial charge in [0.15, 0.2) is 0 Å². The number of carbonyl (C=O) groups is 1. The van der Waals surface area contributed by atoms with Crippen molar-refractivity contribution in [1.82, 2.24) is 5.32 Å². The SMILES string of the molecule is CCCCOCCOCCCC(C)(NCC)C(=O)OC. The Bertz CT molecular complexity index is 248. The molecule has 0 heterocycles. The highest BCUT2D eigenvalue weighted by Crippen LogP contribution is 2.14. The van der Waals surface area contributed by atoms with Crippen molar-refractivity contribution >= 4 is 5.97 Å². The predicted octanol–water partition coefficient (Wildman–Crippen LogP) is 2.14. The molecule has 0 aliphatic heterocycles. The van der Waals surface area contributed by atoms with E-state index in [1.807, 2.05) is 13.8 Å². The third-order valence-electron chi connectivity index (χ3n) is 3.18. The smallest absolute Gasteiger partial charge is 0.325 e. The minimum absolute atomic E-state index is 0.220. The summed E-state index contributed by atoms with van der Waals surface area (Å²) in [5, 5.41) is 3.18. The molecule has 0 spiro atoms. The van der Waals surface area contributed by atoms with E-state index >= 15 is 0 Å². The second-order valence-corrected chi connectivity index (χ2v) is 5.04. The van der Waals surface area contributed by atoms with Crippen molar-refractivity contribution in [3.05, 3.63) is 0 Å². The Morgan fingerprint density at radius 3 is 2.15 bits per heavy atom. The quantitative estimate of drug-likeness (QED) is 0.416. The number of ether oxygens (including phenoxy) is 3. The molecule has 5 heteroatoms. The lowest BCUT2D eigenvalue weighted by Gasteiger charge is -2.27. The van der Waals surface area contributed by atoms with E-state index in [1.54, 1.807) is 0 Å². The number of nitrogens with one attached hydrogen (secondary N) is 1. The average molecular weight is 289 g/mol. The predicted molar refractivity (Wildman–Crippen MR) is 79.9 cm³/mol. The highest BCUT2D eigenvalue weighted by atomic mass is 16.5. The van der Waals surface area contributed by atoms with E-state index in [-0.39, 0.29) is 5.97 Å². The third kappa shape index (κ3) is 8.51. The van der Waals surface area contributed by atoms with Gasteiger partial charge < -0.3 is 19.5 Å². The summed E-state index contributed by atoms with van der Waals surface area (Å²) in [6, 6.07) is 0. The molecule has 0 radical (unpaired) electrons. The maximum atomic E-state index is 11.7. The highest BCUT2D eigenvalue weighted by molar-refractivity contribution is 5.80. The maximum Gasteiger partial charge on any atom is 0.325 e. The van der Waals surface area contributed by atoms with Gasteiger partial charge in [-0.25, -0.2) is 0 Å². The Balaban J connectivity index is 3.67. The zero-order valence-corrected chi connectivity index (χ0v) is 13.5. The van der Waals surface area contributed by atoms with Crippen LogP contribution in [0.15, 0.2) is 0 Å². The van der Waals surface area contributed by atoms with Gasteiger partial charge in [0.05, 0.1) is 20.3 Å². The summed E-state index contributed by atoms with van der Waals surface area (Å²) in [6.45, 7) is 9.42. The fraction of sp³-hybridized carbons (Fsp3) is 0.933. The monoisotopic (exact) mass is 289 g/mol. The Hall–Kier alpha value is -0.650. The molecule has 0 aromatic carbocycles. The first-order valence-corrected chi connectivity index (χ1v) is 7.59. The highest BCUT2D eigenvalue weighted by Gasteiger charge is 2.32.